The van der Waals surface area contributed by atoms with Gasteiger partial charge in [0.2, 0.25) is 11.8 Å². The van der Waals surface area contributed by atoms with Gasteiger partial charge in [-0.3, -0.25) is 19.5 Å². The van der Waals surface area contributed by atoms with Crippen molar-refractivity contribution in [2.24, 2.45) is 4.99 Å². The highest BCUT2D eigenvalue weighted by Crippen LogP contribution is 2.11. The first kappa shape index (κ1) is 17.1. The predicted octanol–water partition coefficient (Wildman–Crippen LogP) is 0.582. The SMILES string of the molecule is CCNC(=NCCN1C(=O)CCCC1=O)NCCn1cccc1. The molecule has 126 valence electrons. The maximum atomic E-state index is 11.7. The van der Waals surface area contributed by atoms with Crippen molar-refractivity contribution in [3.05, 3.63) is 24.5 Å². The Hall–Kier alpha value is -2.31. The average molecular weight is 319 g/mol. The normalized spacial score (nSPS) is 15.9. The Kier molecular flexibility index (Phi) is 6.65. The van der Waals surface area contributed by atoms with Crippen molar-refractivity contribution in [3.63, 3.8) is 0 Å². The number of aliphatic imine (C=N–C) groups is 1. The molecule has 1 saturated heterocycles. The quantitative estimate of drug-likeness (QED) is 0.438. The molecule has 2 amide bonds. The number of aromatic nitrogens is 1. The fourth-order valence-electron chi connectivity index (χ4n) is 2.48. The van der Waals surface area contributed by atoms with Crippen LogP contribution in [0.3, 0.4) is 0 Å². The van der Waals surface area contributed by atoms with Crippen molar-refractivity contribution < 1.29 is 9.59 Å². The van der Waals surface area contributed by atoms with Crippen LogP contribution in [0.25, 0.3) is 0 Å². The molecule has 1 aromatic rings. The number of guanidine groups is 1. The van der Waals surface area contributed by atoms with Gasteiger partial charge in [0.25, 0.3) is 0 Å². The smallest absolute Gasteiger partial charge is 0.229 e. The van der Waals surface area contributed by atoms with E-state index in [-0.39, 0.29) is 11.8 Å². The van der Waals surface area contributed by atoms with Crippen molar-refractivity contribution >= 4 is 17.8 Å². The summed E-state index contributed by atoms with van der Waals surface area (Å²) in [5.41, 5.74) is 0. The summed E-state index contributed by atoms with van der Waals surface area (Å²) in [5.74, 6) is 0.542. The van der Waals surface area contributed by atoms with E-state index in [1.807, 2.05) is 31.5 Å². The van der Waals surface area contributed by atoms with Crippen molar-refractivity contribution in [1.29, 1.82) is 0 Å². The summed E-state index contributed by atoms with van der Waals surface area (Å²) in [6.45, 7) is 5.13. The summed E-state index contributed by atoms with van der Waals surface area (Å²) < 4.78 is 2.08. The molecule has 0 radical (unpaired) electrons. The molecular formula is C16H25N5O2. The number of nitrogens with zero attached hydrogens (tertiary/aromatic N) is 3. The third kappa shape index (κ3) is 5.43. The molecule has 0 spiro atoms. The second kappa shape index (κ2) is 8.97. The number of likely N-dealkylation sites (tertiary alicyclic amines) is 1. The Morgan fingerprint density at radius 3 is 2.48 bits per heavy atom. The summed E-state index contributed by atoms with van der Waals surface area (Å²) in [5, 5.41) is 6.41. The van der Waals surface area contributed by atoms with E-state index in [1.165, 1.54) is 4.90 Å². The molecule has 0 aromatic carbocycles. The lowest BCUT2D eigenvalue weighted by Gasteiger charge is -2.24. The largest absolute Gasteiger partial charge is 0.357 e. The first-order valence-corrected chi connectivity index (χ1v) is 8.17. The van der Waals surface area contributed by atoms with E-state index in [0.29, 0.717) is 38.3 Å². The van der Waals surface area contributed by atoms with Gasteiger partial charge in [0.1, 0.15) is 0 Å². The second-order valence-corrected chi connectivity index (χ2v) is 5.40. The van der Waals surface area contributed by atoms with Crippen LogP contribution in [0.2, 0.25) is 0 Å². The van der Waals surface area contributed by atoms with Gasteiger partial charge in [-0.1, -0.05) is 0 Å². The number of hydrogen-bond acceptors (Lipinski definition) is 3. The zero-order valence-corrected chi connectivity index (χ0v) is 13.6. The van der Waals surface area contributed by atoms with Crippen LogP contribution in [0.4, 0.5) is 0 Å². The number of hydrogen-bond donors (Lipinski definition) is 2. The number of rotatable bonds is 7. The maximum Gasteiger partial charge on any atom is 0.229 e. The maximum absolute atomic E-state index is 11.7. The second-order valence-electron chi connectivity index (χ2n) is 5.40. The minimum Gasteiger partial charge on any atom is -0.357 e. The van der Waals surface area contributed by atoms with Crippen LogP contribution in [0.1, 0.15) is 26.2 Å². The first-order valence-electron chi connectivity index (χ1n) is 8.17. The van der Waals surface area contributed by atoms with E-state index < -0.39 is 0 Å². The minimum absolute atomic E-state index is 0.0815. The molecule has 1 aliphatic heterocycles. The lowest BCUT2D eigenvalue weighted by atomic mass is 10.1. The molecule has 7 nitrogen and oxygen atoms in total. The van der Waals surface area contributed by atoms with Crippen LogP contribution in [-0.2, 0) is 16.1 Å². The molecule has 1 aromatic heterocycles. The van der Waals surface area contributed by atoms with E-state index in [2.05, 4.69) is 20.2 Å². The summed E-state index contributed by atoms with van der Waals surface area (Å²) in [4.78, 5) is 29.2. The van der Waals surface area contributed by atoms with Crippen molar-refractivity contribution in [3.8, 4) is 0 Å². The zero-order chi connectivity index (χ0) is 16.5. The molecular weight excluding hydrogens is 294 g/mol. The van der Waals surface area contributed by atoms with Crippen LogP contribution in [0.5, 0.6) is 0 Å². The summed E-state index contributed by atoms with van der Waals surface area (Å²) in [6, 6.07) is 3.98. The lowest BCUT2D eigenvalue weighted by molar-refractivity contribution is -0.147. The number of piperidine rings is 1. The van der Waals surface area contributed by atoms with Gasteiger partial charge < -0.3 is 15.2 Å². The van der Waals surface area contributed by atoms with Crippen LogP contribution < -0.4 is 10.6 Å². The Balaban J connectivity index is 1.78. The highest BCUT2D eigenvalue weighted by molar-refractivity contribution is 5.97. The molecule has 23 heavy (non-hydrogen) atoms. The topological polar surface area (TPSA) is 78.7 Å². The van der Waals surface area contributed by atoms with Gasteiger partial charge in [-0.2, -0.15) is 0 Å². The monoisotopic (exact) mass is 319 g/mol. The van der Waals surface area contributed by atoms with Gasteiger partial charge in [-0.25, -0.2) is 0 Å². The van der Waals surface area contributed by atoms with E-state index in [0.717, 1.165) is 19.6 Å². The molecule has 2 N–H and O–H groups in total. The zero-order valence-electron chi connectivity index (χ0n) is 13.6. The first-order chi connectivity index (χ1) is 11.2. The Morgan fingerprint density at radius 1 is 1.13 bits per heavy atom. The summed E-state index contributed by atoms with van der Waals surface area (Å²) >= 11 is 0. The molecule has 2 heterocycles. The third-order valence-corrected chi connectivity index (χ3v) is 3.65. The van der Waals surface area contributed by atoms with E-state index in [1.54, 1.807) is 0 Å². The molecule has 0 bridgehead atoms. The van der Waals surface area contributed by atoms with Crippen LogP contribution in [-0.4, -0.2) is 53.4 Å². The Bertz CT molecular complexity index is 523. The lowest BCUT2D eigenvalue weighted by Crippen LogP contribution is -2.43. The molecule has 0 unspecified atom stereocenters. The highest BCUT2D eigenvalue weighted by Gasteiger charge is 2.24. The fraction of sp³-hybridized carbons (Fsp3) is 0.562. The van der Waals surface area contributed by atoms with Gasteiger partial charge in [0, 0.05) is 51.4 Å². The van der Waals surface area contributed by atoms with E-state index in [4.69, 9.17) is 0 Å². The minimum atomic E-state index is -0.0815. The Labute approximate surface area is 136 Å². The van der Waals surface area contributed by atoms with Crippen LogP contribution in [0.15, 0.2) is 29.5 Å². The van der Waals surface area contributed by atoms with Gasteiger partial charge in [-0.05, 0) is 25.5 Å². The standard InChI is InChI=1S/C16H25N5O2/c1-2-17-16(18-8-12-20-10-3-4-11-20)19-9-13-21-14(22)6-5-7-15(21)23/h3-4,10-11H,2,5-9,12-13H2,1H3,(H2,17,18,19). The van der Waals surface area contributed by atoms with Gasteiger partial charge in [-0.15, -0.1) is 0 Å². The van der Waals surface area contributed by atoms with Crippen molar-refractivity contribution in [2.45, 2.75) is 32.7 Å². The van der Waals surface area contributed by atoms with Gasteiger partial charge in [0.05, 0.1) is 6.54 Å². The molecule has 1 aliphatic rings. The molecule has 7 heteroatoms. The number of imide groups is 1. The molecule has 2 rings (SSSR count). The van der Waals surface area contributed by atoms with Crippen LogP contribution >= 0.6 is 0 Å². The van der Waals surface area contributed by atoms with E-state index in [9.17, 15) is 9.59 Å². The average Bonchev–Trinajstić information content (AvgIpc) is 3.03. The van der Waals surface area contributed by atoms with Crippen molar-refractivity contribution in [2.75, 3.05) is 26.2 Å². The fourth-order valence-corrected chi connectivity index (χ4v) is 2.48. The van der Waals surface area contributed by atoms with Crippen molar-refractivity contribution in [1.82, 2.24) is 20.1 Å². The Morgan fingerprint density at radius 2 is 1.83 bits per heavy atom. The molecule has 0 aliphatic carbocycles. The number of amides is 2. The third-order valence-electron chi connectivity index (χ3n) is 3.65. The number of carbonyl (C=O) groups is 2. The molecule has 0 atom stereocenters. The number of carbonyl (C=O) groups excluding carboxylic acids is 2. The van der Waals surface area contributed by atoms with Crippen LogP contribution in [0, 0.1) is 0 Å². The summed E-state index contributed by atoms with van der Waals surface area (Å²) in [7, 11) is 0. The predicted molar refractivity (Wildman–Crippen MR) is 89.0 cm³/mol. The van der Waals surface area contributed by atoms with E-state index >= 15 is 0 Å². The highest BCUT2D eigenvalue weighted by atomic mass is 16.2. The molecule has 1 fully saturated rings. The summed E-state index contributed by atoms with van der Waals surface area (Å²) in [6.07, 6.45) is 5.62. The number of nitrogens with one attached hydrogen (secondary N) is 2. The van der Waals surface area contributed by atoms with Gasteiger partial charge in [0.15, 0.2) is 5.96 Å². The molecule has 0 saturated carbocycles. The van der Waals surface area contributed by atoms with Gasteiger partial charge >= 0.3 is 0 Å².